The first-order valence-corrected chi connectivity index (χ1v) is 7.13. The second kappa shape index (κ2) is 6.65. The normalized spacial score (nSPS) is 18.4. The van der Waals surface area contributed by atoms with Crippen LogP contribution in [-0.2, 0) is 0 Å². The molecule has 9 heteroatoms. The second-order valence-corrected chi connectivity index (χ2v) is 5.37. The number of ether oxygens (including phenoxy) is 1. The molecule has 20 heavy (non-hydrogen) atoms. The van der Waals surface area contributed by atoms with E-state index in [9.17, 15) is 4.79 Å². The van der Waals surface area contributed by atoms with Gasteiger partial charge in [0.15, 0.2) is 16.1 Å². The highest BCUT2D eigenvalue weighted by molar-refractivity contribution is 6.37. The third-order valence-electron chi connectivity index (χ3n) is 3.08. The van der Waals surface area contributed by atoms with E-state index in [-0.39, 0.29) is 34.0 Å². The summed E-state index contributed by atoms with van der Waals surface area (Å²) in [6.07, 6.45) is 1.34. The number of carbonyl (C=O) groups is 1. The Labute approximate surface area is 130 Å². The van der Waals surface area contributed by atoms with Crippen molar-refractivity contribution in [3.05, 3.63) is 15.6 Å². The zero-order chi connectivity index (χ0) is 14.7. The van der Waals surface area contributed by atoms with Crippen molar-refractivity contribution in [3.63, 3.8) is 0 Å². The molecule has 0 aliphatic carbocycles. The zero-order valence-electron chi connectivity index (χ0n) is 10.4. The van der Waals surface area contributed by atoms with Crippen LogP contribution in [-0.4, -0.2) is 45.3 Å². The predicted octanol–water partition coefficient (Wildman–Crippen LogP) is 3.35. The molecule has 1 N–H and O–H groups in total. The van der Waals surface area contributed by atoms with Crippen LogP contribution in [0.3, 0.4) is 0 Å². The van der Waals surface area contributed by atoms with Gasteiger partial charge < -0.3 is 14.7 Å². The summed E-state index contributed by atoms with van der Waals surface area (Å²) < 4.78 is 5.45. The molecule has 1 aromatic rings. The molecule has 0 spiro atoms. The summed E-state index contributed by atoms with van der Waals surface area (Å²) >= 11 is 17.3. The molecule has 1 amide bonds. The van der Waals surface area contributed by atoms with E-state index in [2.05, 4.69) is 9.97 Å². The van der Waals surface area contributed by atoms with E-state index in [4.69, 9.17) is 44.6 Å². The molecule has 110 valence electrons. The molecule has 0 aromatic carbocycles. The maximum Gasteiger partial charge on any atom is 0.407 e. The van der Waals surface area contributed by atoms with Crippen LogP contribution in [0.5, 0.6) is 5.75 Å². The van der Waals surface area contributed by atoms with E-state index in [0.29, 0.717) is 13.0 Å². The van der Waals surface area contributed by atoms with Crippen LogP contribution >= 0.6 is 34.8 Å². The standard InChI is InChI=1S/C11H12Cl3N3O3/c12-8-7(9(13)16-10(14)15-8)20-5-3-6-2-1-4-17(6)11(18)19/h6H,1-5H2,(H,18,19). The van der Waals surface area contributed by atoms with Gasteiger partial charge in [0.1, 0.15) is 0 Å². The second-order valence-electron chi connectivity index (χ2n) is 4.31. The number of likely N-dealkylation sites (tertiary alicyclic amines) is 1. The van der Waals surface area contributed by atoms with Crippen LogP contribution in [0.4, 0.5) is 4.79 Å². The lowest BCUT2D eigenvalue weighted by atomic mass is 10.1. The number of amides is 1. The fourth-order valence-corrected chi connectivity index (χ4v) is 2.93. The van der Waals surface area contributed by atoms with Gasteiger partial charge in [-0.1, -0.05) is 23.2 Å². The van der Waals surface area contributed by atoms with Gasteiger partial charge >= 0.3 is 6.09 Å². The van der Waals surface area contributed by atoms with Crippen molar-refractivity contribution in [1.82, 2.24) is 14.9 Å². The number of rotatable bonds is 4. The molecule has 2 heterocycles. The molecular weight excluding hydrogens is 328 g/mol. The minimum atomic E-state index is -0.904. The minimum absolute atomic E-state index is 0.0384. The van der Waals surface area contributed by atoms with Crippen LogP contribution in [0.25, 0.3) is 0 Å². The number of hydrogen-bond acceptors (Lipinski definition) is 4. The quantitative estimate of drug-likeness (QED) is 0.672. The fourth-order valence-electron chi connectivity index (χ4n) is 2.18. The molecule has 1 unspecified atom stereocenters. The third kappa shape index (κ3) is 3.56. The average molecular weight is 341 g/mol. The molecule has 6 nitrogen and oxygen atoms in total. The van der Waals surface area contributed by atoms with Gasteiger partial charge in [0.2, 0.25) is 5.28 Å². The topological polar surface area (TPSA) is 75.5 Å². The minimum Gasteiger partial charge on any atom is -0.487 e. The van der Waals surface area contributed by atoms with Gasteiger partial charge in [-0.25, -0.2) is 14.8 Å². The Morgan fingerprint density at radius 1 is 1.35 bits per heavy atom. The predicted molar refractivity (Wildman–Crippen MR) is 74.9 cm³/mol. The van der Waals surface area contributed by atoms with Crippen molar-refractivity contribution < 1.29 is 14.6 Å². The summed E-state index contributed by atoms with van der Waals surface area (Å²) in [5, 5.41) is 9.05. The van der Waals surface area contributed by atoms with E-state index in [0.717, 1.165) is 12.8 Å². The molecule has 1 aliphatic rings. The highest BCUT2D eigenvalue weighted by Crippen LogP contribution is 2.31. The van der Waals surface area contributed by atoms with Gasteiger partial charge in [-0.2, -0.15) is 0 Å². The summed E-state index contributed by atoms with van der Waals surface area (Å²) in [7, 11) is 0. The average Bonchev–Trinajstić information content (AvgIpc) is 2.80. The van der Waals surface area contributed by atoms with Crippen LogP contribution in [0, 0.1) is 0 Å². The Morgan fingerprint density at radius 3 is 2.60 bits per heavy atom. The first-order chi connectivity index (χ1) is 9.49. The highest BCUT2D eigenvalue weighted by Gasteiger charge is 2.28. The van der Waals surface area contributed by atoms with Gasteiger partial charge in [0.25, 0.3) is 0 Å². The van der Waals surface area contributed by atoms with E-state index < -0.39 is 6.09 Å². The molecule has 1 saturated heterocycles. The summed E-state index contributed by atoms with van der Waals surface area (Å²) in [6, 6.07) is -0.0433. The SMILES string of the molecule is O=C(O)N1CCCC1CCOc1c(Cl)nc(Cl)nc1Cl. The molecule has 1 aromatic heterocycles. The number of hydrogen-bond donors (Lipinski definition) is 1. The van der Waals surface area contributed by atoms with Gasteiger partial charge in [-0.15, -0.1) is 0 Å². The Kier molecular flexibility index (Phi) is 5.12. The van der Waals surface area contributed by atoms with Crippen LogP contribution in [0.1, 0.15) is 19.3 Å². The number of nitrogens with zero attached hydrogens (tertiary/aromatic N) is 3. The van der Waals surface area contributed by atoms with E-state index in [1.54, 1.807) is 0 Å². The van der Waals surface area contributed by atoms with E-state index in [1.165, 1.54) is 4.90 Å². The summed E-state index contributed by atoms with van der Waals surface area (Å²) in [4.78, 5) is 19.9. The van der Waals surface area contributed by atoms with Crippen LogP contribution in [0.2, 0.25) is 15.6 Å². The van der Waals surface area contributed by atoms with Crippen molar-refractivity contribution in [1.29, 1.82) is 0 Å². The number of halogens is 3. The van der Waals surface area contributed by atoms with E-state index in [1.807, 2.05) is 0 Å². The Bertz CT molecular complexity index is 492. The summed E-state index contributed by atoms with van der Waals surface area (Å²) in [6.45, 7) is 0.838. The largest absolute Gasteiger partial charge is 0.487 e. The zero-order valence-corrected chi connectivity index (χ0v) is 12.6. The molecule has 0 saturated carbocycles. The summed E-state index contributed by atoms with van der Waals surface area (Å²) in [5.41, 5.74) is 0. The van der Waals surface area contributed by atoms with Crippen molar-refractivity contribution in [2.24, 2.45) is 0 Å². The van der Waals surface area contributed by atoms with Crippen molar-refractivity contribution in [3.8, 4) is 5.75 Å². The maximum atomic E-state index is 11.0. The summed E-state index contributed by atoms with van der Waals surface area (Å²) in [5.74, 6) is 0.164. The molecular formula is C11H12Cl3N3O3. The van der Waals surface area contributed by atoms with Crippen LogP contribution < -0.4 is 4.74 Å². The van der Waals surface area contributed by atoms with Crippen LogP contribution in [0.15, 0.2) is 0 Å². The Morgan fingerprint density at radius 2 is 2.00 bits per heavy atom. The monoisotopic (exact) mass is 339 g/mol. The Hall–Kier alpha value is -0.980. The lowest BCUT2D eigenvalue weighted by molar-refractivity contribution is 0.133. The van der Waals surface area contributed by atoms with Gasteiger partial charge in [-0.3, -0.25) is 0 Å². The lowest BCUT2D eigenvalue weighted by Gasteiger charge is -2.21. The van der Waals surface area contributed by atoms with Crippen molar-refractivity contribution >= 4 is 40.9 Å². The third-order valence-corrected chi connectivity index (χ3v) is 3.76. The number of carboxylic acid groups (broad SMARTS) is 1. The first-order valence-electron chi connectivity index (χ1n) is 6.00. The molecule has 1 aliphatic heterocycles. The van der Waals surface area contributed by atoms with Gasteiger partial charge in [-0.05, 0) is 24.4 Å². The van der Waals surface area contributed by atoms with E-state index >= 15 is 0 Å². The molecule has 2 rings (SSSR count). The van der Waals surface area contributed by atoms with Gasteiger partial charge in [0.05, 0.1) is 6.61 Å². The Balaban J connectivity index is 1.92. The smallest absolute Gasteiger partial charge is 0.407 e. The van der Waals surface area contributed by atoms with Gasteiger partial charge in [0, 0.05) is 19.0 Å². The highest BCUT2D eigenvalue weighted by atomic mass is 35.5. The molecule has 1 fully saturated rings. The lowest BCUT2D eigenvalue weighted by Crippen LogP contribution is -2.35. The molecule has 1 atom stereocenters. The van der Waals surface area contributed by atoms with Crippen molar-refractivity contribution in [2.45, 2.75) is 25.3 Å². The first kappa shape index (κ1) is 15.4. The maximum absolute atomic E-state index is 11.0. The fraction of sp³-hybridized carbons (Fsp3) is 0.545. The molecule has 0 bridgehead atoms. The molecule has 0 radical (unpaired) electrons. The number of aromatic nitrogens is 2. The van der Waals surface area contributed by atoms with Crippen molar-refractivity contribution in [2.75, 3.05) is 13.2 Å².